The van der Waals surface area contributed by atoms with Crippen LogP contribution in [0.4, 0.5) is 3.89 Å². The first-order chi connectivity index (χ1) is 9.72. The summed E-state index contributed by atoms with van der Waals surface area (Å²) in [6.45, 7) is 0. The third kappa shape index (κ3) is 2.27. The monoisotopic (exact) mass is 353 g/mol. The third-order valence-corrected chi connectivity index (χ3v) is 3.78. The topological polar surface area (TPSA) is 39.9 Å². The minimum Gasteiger partial charge on any atom is -0.497 e. The van der Waals surface area contributed by atoms with Crippen LogP contribution in [0.1, 0.15) is 0 Å². The second-order valence-electron chi connectivity index (χ2n) is 4.02. The van der Waals surface area contributed by atoms with Crippen LogP contribution in [0, 0.1) is 0 Å². The van der Waals surface area contributed by atoms with E-state index in [4.69, 9.17) is 4.74 Å². The zero-order valence-electron chi connectivity index (χ0n) is 10.4. The fraction of sp³-hybridized carbons (Fsp3) is 0.0769. The molecule has 0 atom stereocenters. The first kappa shape index (κ1) is 13.4. The van der Waals surface area contributed by atoms with Crippen LogP contribution in [0.2, 0.25) is 0 Å². The average Bonchev–Trinajstić information content (AvgIpc) is 2.84. The van der Waals surface area contributed by atoms with Crippen LogP contribution >= 0.6 is 28.3 Å². The number of ether oxygens (including phenoxy) is 1. The van der Waals surface area contributed by atoms with Gasteiger partial charge in [-0.1, -0.05) is 0 Å². The normalized spacial score (nSPS) is 10.9. The van der Waals surface area contributed by atoms with E-state index in [-0.39, 0.29) is 12.3 Å². The second kappa shape index (κ2) is 5.41. The Morgan fingerprint density at radius 3 is 2.70 bits per heavy atom. The summed E-state index contributed by atoms with van der Waals surface area (Å²) in [7, 11) is 1.61. The standard InChI is InChI=1S/C13H9BrFN3OS/c1-19-9-4-2-8(3-5-9)11-6-10-13(18(11)20-15)16-7-12(14)17-10/h2-7H,1H3. The Kier molecular flexibility index (Phi) is 3.62. The van der Waals surface area contributed by atoms with Crippen molar-refractivity contribution in [1.29, 1.82) is 0 Å². The van der Waals surface area contributed by atoms with Crippen molar-refractivity contribution in [1.82, 2.24) is 13.9 Å². The van der Waals surface area contributed by atoms with Crippen LogP contribution in [0.3, 0.4) is 0 Å². The number of aromatic nitrogens is 3. The number of nitrogens with zero attached hydrogens (tertiary/aromatic N) is 3. The van der Waals surface area contributed by atoms with Gasteiger partial charge in [-0.15, -0.1) is 3.89 Å². The van der Waals surface area contributed by atoms with Gasteiger partial charge < -0.3 is 4.74 Å². The molecule has 3 rings (SSSR count). The number of hydrogen-bond acceptors (Lipinski definition) is 4. The summed E-state index contributed by atoms with van der Waals surface area (Å²) < 4.78 is 20.4. The maximum Gasteiger partial charge on any atom is 0.171 e. The van der Waals surface area contributed by atoms with Gasteiger partial charge in [0.25, 0.3) is 0 Å². The molecule has 0 amide bonds. The molecule has 0 saturated heterocycles. The highest BCUT2D eigenvalue weighted by atomic mass is 79.9. The van der Waals surface area contributed by atoms with Crippen molar-refractivity contribution in [2.75, 3.05) is 7.11 Å². The van der Waals surface area contributed by atoms with E-state index < -0.39 is 0 Å². The number of benzene rings is 1. The van der Waals surface area contributed by atoms with Crippen LogP contribution in [0.5, 0.6) is 5.75 Å². The quantitative estimate of drug-likeness (QED) is 0.705. The lowest BCUT2D eigenvalue weighted by Gasteiger charge is -2.05. The molecule has 2 heterocycles. The van der Waals surface area contributed by atoms with Gasteiger partial charge in [-0.05, 0) is 51.8 Å². The number of halogens is 2. The zero-order valence-corrected chi connectivity index (χ0v) is 12.8. The van der Waals surface area contributed by atoms with Crippen LogP contribution in [0.15, 0.2) is 41.1 Å². The summed E-state index contributed by atoms with van der Waals surface area (Å²) in [6, 6.07) is 9.21. The van der Waals surface area contributed by atoms with E-state index >= 15 is 0 Å². The zero-order chi connectivity index (χ0) is 14.1. The van der Waals surface area contributed by atoms with E-state index in [0.29, 0.717) is 21.5 Å². The first-order valence-corrected chi connectivity index (χ1v) is 7.17. The summed E-state index contributed by atoms with van der Waals surface area (Å²) in [6.07, 6.45) is 1.55. The summed E-state index contributed by atoms with van der Waals surface area (Å²) in [5.74, 6) is 0.753. The minimum absolute atomic E-state index is 0.110. The lowest BCUT2D eigenvalue weighted by atomic mass is 10.1. The molecule has 0 radical (unpaired) electrons. The van der Waals surface area contributed by atoms with Crippen molar-refractivity contribution in [3.05, 3.63) is 41.1 Å². The van der Waals surface area contributed by atoms with Crippen molar-refractivity contribution in [2.24, 2.45) is 0 Å². The molecule has 2 aromatic heterocycles. The molecule has 0 aliphatic rings. The van der Waals surface area contributed by atoms with E-state index in [1.165, 1.54) is 3.97 Å². The summed E-state index contributed by atoms with van der Waals surface area (Å²) in [5.41, 5.74) is 2.70. The van der Waals surface area contributed by atoms with Gasteiger partial charge in [0.15, 0.2) is 18.0 Å². The second-order valence-corrected chi connectivity index (χ2v) is 5.34. The third-order valence-electron chi connectivity index (χ3n) is 2.89. The molecule has 4 nitrogen and oxygen atoms in total. The molecule has 1 aromatic carbocycles. The molecule has 0 saturated carbocycles. The molecule has 0 unspecified atom stereocenters. The van der Waals surface area contributed by atoms with Crippen molar-refractivity contribution < 1.29 is 8.62 Å². The van der Waals surface area contributed by atoms with Crippen LogP contribution in [-0.2, 0) is 0 Å². The van der Waals surface area contributed by atoms with Crippen molar-refractivity contribution >= 4 is 39.4 Å². The Labute approximate surface area is 127 Å². The van der Waals surface area contributed by atoms with Gasteiger partial charge in [0.2, 0.25) is 0 Å². The molecule has 0 fully saturated rings. The van der Waals surface area contributed by atoms with Crippen molar-refractivity contribution in [3.8, 4) is 17.0 Å². The van der Waals surface area contributed by atoms with Gasteiger partial charge >= 0.3 is 0 Å². The van der Waals surface area contributed by atoms with Gasteiger partial charge in [0.1, 0.15) is 15.9 Å². The van der Waals surface area contributed by atoms with Crippen LogP contribution in [-0.4, -0.2) is 21.1 Å². The molecular weight excluding hydrogens is 345 g/mol. The predicted octanol–water partition coefficient (Wildman–Crippen LogP) is 4.25. The molecule has 102 valence electrons. The molecule has 0 aliphatic carbocycles. The van der Waals surface area contributed by atoms with E-state index in [9.17, 15) is 3.89 Å². The SMILES string of the molecule is COc1ccc(-c2cc3nc(Br)cnc3n2SF)cc1. The Bertz CT molecular complexity index is 760. The van der Waals surface area contributed by atoms with Gasteiger partial charge in [0, 0.05) is 0 Å². The highest BCUT2D eigenvalue weighted by Gasteiger charge is 2.14. The molecule has 7 heteroatoms. The smallest absolute Gasteiger partial charge is 0.171 e. The van der Waals surface area contributed by atoms with Gasteiger partial charge in [-0.25, -0.2) is 13.9 Å². The van der Waals surface area contributed by atoms with E-state index in [0.717, 1.165) is 11.3 Å². The molecule has 0 N–H and O–H groups in total. The molecule has 3 aromatic rings. The summed E-state index contributed by atoms with van der Waals surface area (Å²) in [5, 5.41) is 0. The fourth-order valence-corrected chi connectivity index (χ4v) is 2.69. The van der Waals surface area contributed by atoms with Gasteiger partial charge in [-0.2, -0.15) is 0 Å². The summed E-state index contributed by atoms with van der Waals surface area (Å²) >= 11 is 3.37. The molecule has 0 spiro atoms. The van der Waals surface area contributed by atoms with E-state index in [1.807, 2.05) is 30.3 Å². The largest absolute Gasteiger partial charge is 0.497 e. The van der Waals surface area contributed by atoms with Gasteiger partial charge in [0.05, 0.1) is 19.0 Å². The highest BCUT2D eigenvalue weighted by molar-refractivity contribution is 9.10. The lowest BCUT2D eigenvalue weighted by Crippen LogP contribution is -1.90. The summed E-state index contributed by atoms with van der Waals surface area (Å²) in [4.78, 5) is 8.49. The Balaban J connectivity index is 2.18. The van der Waals surface area contributed by atoms with Crippen molar-refractivity contribution in [2.45, 2.75) is 0 Å². The Hall–Kier alpha value is -1.60. The first-order valence-electron chi connectivity index (χ1n) is 5.70. The molecule has 0 aliphatic heterocycles. The van der Waals surface area contributed by atoms with E-state index in [1.54, 1.807) is 13.3 Å². The molecule has 20 heavy (non-hydrogen) atoms. The number of hydrogen-bond donors (Lipinski definition) is 0. The number of rotatable bonds is 3. The fourth-order valence-electron chi connectivity index (χ4n) is 1.96. The predicted molar refractivity (Wildman–Crippen MR) is 81.3 cm³/mol. The Morgan fingerprint density at radius 2 is 2.05 bits per heavy atom. The maximum atomic E-state index is 13.3. The van der Waals surface area contributed by atoms with Gasteiger partial charge in [-0.3, -0.25) is 0 Å². The number of fused-ring (bicyclic) bond motifs is 1. The highest BCUT2D eigenvalue weighted by Crippen LogP contribution is 2.32. The lowest BCUT2D eigenvalue weighted by molar-refractivity contribution is 0.415. The molecular formula is C13H9BrFN3OS. The maximum absolute atomic E-state index is 13.3. The minimum atomic E-state index is 0.110. The van der Waals surface area contributed by atoms with Crippen molar-refractivity contribution in [3.63, 3.8) is 0 Å². The molecule has 0 bridgehead atoms. The van der Waals surface area contributed by atoms with E-state index in [2.05, 4.69) is 25.9 Å². The van der Waals surface area contributed by atoms with Crippen LogP contribution < -0.4 is 4.74 Å². The Morgan fingerprint density at radius 1 is 1.30 bits per heavy atom. The average molecular weight is 354 g/mol. The van der Waals surface area contributed by atoms with Crippen LogP contribution in [0.25, 0.3) is 22.4 Å². The number of methoxy groups -OCH3 is 1.